The summed E-state index contributed by atoms with van der Waals surface area (Å²) in [5.74, 6) is -1.18. The van der Waals surface area contributed by atoms with Crippen LogP contribution in [0.3, 0.4) is 0 Å². The lowest BCUT2D eigenvalue weighted by atomic mass is 9.56. The number of amides is 1. The lowest BCUT2D eigenvalue weighted by molar-refractivity contribution is -0.117. The molecule has 0 aromatic heterocycles. The summed E-state index contributed by atoms with van der Waals surface area (Å²) in [6.07, 6.45) is 3.09. The highest BCUT2D eigenvalue weighted by atomic mass is 32.2. The molecule has 2 saturated heterocycles. The molecule has 1 amide bonds. The number of rotatable bonds is 5. The number of aromatic hydroxyl groups is 1. The molecular formula is C19H26FN3O4S. The molecule has 28 heavy (non-hydrogen) atoms. The number of carbonyl (C=O) groups excluding carboxylic acids is 1. The summed E-state index contributed by atoms with van der Waals surface area (Å²) < 4.78 is 40.9. The lowest BCUT2D eigenvalue weighted by Gasteiger charge is -2.59. The summed E-state index contributed by atoms with van der Waals surface area (Å²) in [6, 6.07) is 2.73. The predicted molar refractivity (Wildman–Crippen MR) is 103 cm³/mol. The molecule has 2 aliphatic heterocycles. The molecule has 3 aliphatic rings. The van der Waals surface area contributed by atoms with E-state index < -0.39 is 39.9 Å². The number of likely N-dealkylation sites (tertiary alicyclic amines) is 1. The van der Waals surface area contributed by atoms with Gasteiger partial charge < -0.3 is 10.0 Å². The molecule has 1 aromatic rings. The summed E-state index contributed by atoms with van der Waals surface area (Å²) in [5.41, 5.74) is 0.515. The van der Waals surface area contributed by atoms with Crippen LogP contribution in [0.25, 0.3) is 0 Å². The number of hydrogen-bond donors (Lipinski definition) is 2. The third kappa shape index (κ3) is 3.34. The molecule has 0 unspecified atom stereocenters. The van der Waals surface area contributed by atoms with Crippen LogP contribution < -0.4 is 9.03 Å². The van der Waals surface area contributed by atoms with Gasteiger partial charge in [-0.15, -0.1) is 0 Å². The lowest BCUT2D eigenvalue weighted by Crippen LogP contribution is -2.61. The number of phenols is 1. The molecule has 0 radical (unpaired) electrons. The molecule has 7 nitrogen and oxygen atoms in total. The SMILES string of the molecule is CC(C)CCN1CC2(CC(c3cc(O)c(N4CC(=O)NS4(=O)=O)c(F)c3)C2)C1. The molecule has 0 bridgehead atoms. The Hall–Kier alpha value is -1.87. The van der Waals surface area contributed by atoms with Gasteiger partial charge in [-0.05, 0) is 60.8 Å². The van der Waals surface area contributed by atoms with Crippen molar-refractivity contribution in [1.29, 1.82) is 0 Å². The Bertz CT molecular complexity index is 881. The van der Waals surface area contributed by atoms with Gasteiger partial charge in [0.2, 0.25) is 0 Å². The minimum Gasteiger partial charge on any atom is -0.506 e. The molecule has 4 rings (SSSR count). The first-order chi connectivity index (χ1) is 13.1. The fourth-order valence-corrected chi connectivity index (χ4v) is 5.88. The van der Waals surface area contributed by atoms with E-state index in [1.54, 1.807) is 4.72 Å². The zero-order valence-corrected chi connectivity index (χ0v) is 16.9. The van der Waals surface area contributed by atoms with Crippen LogP contribution in [-0.2, 0) is 15.0 Å². The third-order valence-electron chi connectivity index (χ3n) is 6.11. The standard InChI is InChI=1S/C19H26FN3O4S/c1-12(2)3-4-22-10-19(11-22)7-14(8-19)13-5-15(20)18(16(24)6-13)23-9-17(25)21-28(23,26)27/h5-6,12,14,24H,3-4,7-11H2,1-2H3,(H,21,25). The van der Waals surface area contributed by atoms with Gasteiger partial charge in [-0.1, -0.05) is 13.8 Å². The summed E-state index contributed by atoms with van der Waals surface area (Å²) in [7, 11) is -4.16. The monoisotopic (exact) mass is 411 g/mol. The first kappa shape index (κ1) is 19.4. The molecule has 2 heterocycles. The van der Waals surface area contributed by atoms with Crippen molar-refractivity contribution >= 4 is 21.8 Å². The fourth-order valence-electron chi connectivity index (χ4n) is 4.71. The Morgan fingerprint density at radius 2 is 2.00 bits per heavy atom. The maximum atomic E-state index is 14.7. The zero-order chi connectivity index (χ0) is 20.3. The highest BCUT2D eigenvalue weighted by Crippen LogP contribution is 2.56. The van der Waals surface area contributed by atoms with Crippen molar-refractivity contribution in [2.75, 3.05) is 30.5 Å². The fraction of sp³-hybridized carbons (Fsp3) is 0.632. The molecule has 3 fully saturated rings. The van der Waals surface area contributed by atoms with Crippen LogP contribution in [0.5, 0.6) is 5.75 Å². The average molecular weight is 411 g/mol. The van der Waals surface area contributed by atoms with Crippen LogP contribution in [0.15, 0.2) is 12.1 Å². The van der Waals surface area contributed by atoms with Crippen molar-refractivity contribution in [2.24, 2.45) is 11.3 Å². The van der Waals surface area contributed by atoms with Gasteiger partial charge in [-0.2, -0.15) is 8.42 Å². The van der Waals surface area contributed by atoms with Crippen molar-refractivity contribution in [3.05, 3.63) is 23.5 Å². The van der Waals surface area contributed by atoms with E-state index in [9.17, 15) is 22.7 Å². The largest absolute Gasteiger partial charge is 0.506 e. The molecule has 9 heteroatoms. The van der Waals surface area contributed by atoms with E-state index in [-0.39, 0.29) is 5.92 Å². The quantitative estimate of drug-likeness (QED) is 0.773. The van der Waals surface area contributed by atoms with Gasteiger partial charge in [-0.3, -0.25) is 4.79 Å². The van der Waals surface area contributed by atoms with Gasteiger partial charge in [0.1, 0.15) is 18.0 Å². The Labute approximate surface area is 164 Å². The molecule has 1 aliphatic carbocycles. The van der Waals surface area contributed by atoms with E-state index in [0.29, 0.717) is 21.2 Å². The number of carbonyl (C=O) groups is 1. The number of halogens is 1. The van der Waals surface area contributed by atoms with Crippen molar-refractivity contribution in [2.45, 2.75) is 39.0 Å². The second-order valence-corrected chi connectivity index (χ2v) is 10.5. The average Bonchev–Trinajstić information content (AvgIpc) is 2.75. The smallest absolute Gasteiger partial charge is 0.326 e. The van der Waals surface area contributed by atoms with E-state index in [4.69, 9.17) is 0 Å². The normalized spacial score (nSPS) is 23.7. The summed E-state index contributed by atoms with van der Waals surface area (Å²) in [6.45, 7) is 7.17. The highest BCUT2D eigenvalue weighted by molar-refractivity contribution is 7.92. The van der Waals surface area contributed by atoms with E-state index in [0.717, 1.165) is 32.5 Å². The third-order valence-corrected chi connectivity index (χ3v) is 7.48. The second-order valence-electron chi connectivity index (χ2n) is 8.91. The Morgan fingerprint density at radius 3 is 2.54 bits per heavy atom. The van der Waals surface area contributed by atoms with Gasteiger partial charge >= 0.3 is 10.2 Å². The maximum Gasteiger partial charge on any atom is 0.326 e. The molecule has 2 N–H and O–H groups in total. The minimum atomic E-state index is -4.16. The van der Waals surface area contributed by atoms with Gasteiger partial charge in [-0.25, -0.2) is 13.4 Å². The van der Waals surface area contributed by atoms with Gasteiger partial charge in [0, 0.05) is 13.1 Å². The van der Waals surface area contributed by atoms with Crippen LogP contribution >= 0.6 is 0 Å². The summed E-state index contributed by atoms with van der Waals surface area (Å²) in [5, 5.41) is 10.3. The zero-order valence-electron chi connectivity index (χ0n) is 16.1. The Balaban J connectivity index is 1.43. The second kappa shape index (κ2) is 6.59. The molecule has 1 aromatic carbocycles. The predicted octanol–water partition coefficient (Wildman–Crippen LogP) is 1.94. The number of anilines is 1. The van der Waals surface area contributed by atoms with Crippen molar-refractivity contribution in [3.63, 3.8) is 0 Å². The van der Waals surface area contributed by atoms with Crippen LogP contribution in [0.2, 0.25) is 0 Å². The van der Waals surface area contributed by atoms with Crippen LogP contribution in [0, 0.1) is 17.2 Å². The van der Waals surface area contributed by atoms with Crippen molar-refractivity contribution in [1.82, 2.24) is 9.62 Å². The summed E-state index contributed by atoms with van der Waals surface area (Å²) in [4.78, 5) is 13.8. The maximum absolute atomic E-state index is 14.7. The number of benzene rings is 1. The first-order valence-electron chi connectivity index (χ1n) is 9.67. The number of hydrogen-bond acceptors (Lipinski definition) is 5. The molecule has 0 atom stereocenters. The van der Waals surface area contributed by atoms with E-state index in [1.807, 2.05) is 0 Å². The van der Waals surface area contributed by atoms with Crippen molar-refractivity contribution in [3.8, 4) is 5.75 Å². The number of phenolic OH excluding ortho intramolecular Hbond substituents is 1. The van der Waals surface area contributed by atoms with E-state index >= 15 is 0 Å². The van der Waals surface area contributed by atoms with Crippen molar-refractivity contribution < 1.29 is 22.7 Å². The minimum absolute atomic E-state index is 0.164. The highest BCUT2D eigenvalue weighted by Gasteiger charge is 2.52. The molecular weight excluding hydrogens is 385 g/mol. The van der Waals surface area contributed by atoms with E-state index in [1.165, 1.54) is 18.6 Å². The topological polar surface area (TPSA) is 89.9 Å². The molecule has 1 saturated carbocycles. The van der Waals surface area contributed by atoms with E-state index in [2.05, 4.69) is 18.7 Å². The molecule has 1 spiro atoms. The van der Waals surface area contributed by atoms with Gasteiger partial charge in [0.25, 0.3) is 5.91 Å². The van der Waals surface area contributed by atoms with Gasteiger partial charge in [0.05, 0.1) is 0 Å². The van der Waals surface area contributed by atoms with Crippen LogP contribution in [-0.4, -0.2) is 50.5 Å². The summed E-state index contributed by atoms with van der Waals surface area (Å²) >= 11 is 0. The number of nitrogens with zero attached hydrogens (tertiary/aromatic N) is 2. The number of nitrogens with one attached hydrogen (secondary N) is 1. The molecule has 154 valence electrons. The van der Waals surface area contributed by atoms with Gasteiger partial charge in [0.15, 0.2) is 5.82 Å². The first-order valence-corrected chi connectivity index (χ1v) is 11.1. The Morgan fingerprint density at radius 1 is 1.32 bits per heavy atom. The van der Waals surface area contributed by atoms with Crippen LogP contribution in [0.1, 0.15) is 44.6 Å². The van der Waals surface area contributed by atoms with Crippen LogP contribution in [0.4, 0.5) is 10.1 Å². The Kier molecular flexibility index (Phi) is 4.58.